The van der Waals surface area contributed by atoms with Gasteiger partial charge < -0.3 is 15.2 Å². The molecule has 1 spiro atoms. The molecule has 5 heteroatoms. The highest BCUT2D eigenvalue weighted by molar-refractivity contribution is 5.80. The quantitative estimate of drug-likeness (QED) is 0.840. The van der Waals surface area contributed by atoms with E-state index in [1.807, 2.05) is 0 Å². The molecule has 124 valence electrons. The predicted octanol–water partition coefficient (Wildman–Crippen LogP) is 2.49. The molecule has 1 aliphatic heterocycles. The number of carboxylic acid groups (broad SMARTS) is 1. The van der Waals surface area contributed by atoms with Crippen LogP contribution in [0.15, 0.2) is 0 Å². The van der Waals surface area contributed by atoms with Gasteiger partial charge in [-0.05, 0) is 44.9 Å². The molecule has 2 saturated carbocycles. The molecular weight excluding hydrogens is 282 g/mol. The molecule has 3 unspecified atom stereocenters. The zero-order valence-electron chi connectivity index (χ0n) is 13.2. The van der Waals surface area contributed by atoms with E-state index in [1.165, 1.54) is 12.8 Å². The Labute approximate surface area is 131 Å². The van der Waals surface area contributed by atoms with E-state index in [4.69, 9.17) is 9.84 Å². The number of amides is 1. The summed E-state index contributed by atoms with van der Waals surface area (Å²) in [5.74, 6) is -1.17. The summed E-state index contributed by atoms with van der Waals surface area (Å²) >= 11 is 0. The third-order valence-corrected chi connectivity index (χ3v) is 5.75. The van der Waals surface area contributed by atoms with Crippen molar-refractivity contribution in [1.29, 1.82) is 0 Å². The summed E-state index contributed by atoms with van der Waals surface area (Å²) in [6, 6.07) is 0.199. The Morgan fingerprint density at radius 2 is 1.77 bits per heavy atom. The fourth-order valence-corrected chi connectivity index (χ4v) is 4.49. The van der Waals surface area contributed by atoms with E-state index < -0.39 is 5.97 Å². The summed E-state index contributed by atoms with van der Waals surface area (Å²) in [6.45, 7) is 0.730. The number of nitrogens with one attached hydrogen (secondary N) is 1. The average Bonchev–Trinajstić information content (AvgIpc) is 2.95. The van der Waals surface area contributed by atoms with E-state index in [-0.39, 0.29) is 29.4 Å². The van der Waals surface area contributed by atoms with Crippen LogP contribution in [0.25, 0.3) is 0 Å². The first-order valence-electron chi connectivity index (χ1n) is 8.75. The SMILES string of the molecule is O=C(O)C1CCCC(C(=O)NC2CCOC3(CCCC3)C2)C1. The molecule has 0 aromatic rings. The molecule has 2 aliphatic carbocycles. The van der Waals surface area contributed by atoms with E-state index >= 15 is 0 Å². The molecule has 0 bridgehead atoms. The molecule has 22 heavy (non-hydrogen) atoms. The Morgan fingerprint density at radius 3 is 2.50 bits per heavy atom. The second kappa shape index (κ2) is 6.57. The van der Waals surface area contributed by atoms with Crippen LogP contribution in [0, 0.1) is 11.8 Å². The monoisotopic (exact) mass is 309 g/mol. The maximum Gasteiger partial charge on any atom is 0.306 e. The number of carbonyl (C=O) groups is 2. The lowest BCUT2D eigenvalue weighted by Crippen LogP contribution is -2.49. The van der Waals surface area contributed by atoms with Crippen LogP contribution in [0.5, 0.6) is 0 Å². The Morgan fingerprint density at radius 1 is 1.05 bits per heavy atom. The standard InChI is InChI=1S/C17H27NO4/c19-15(12-4-3-5-13(10-12)16(20)21)18-14-6-9-22-17(11-14)7-1-2-8-17/h12-14H,1-11H2,(H,18,19)(H,20,21). The first-order valence-corrected chi connectivity index (χ1v) is 8.75. The maximum absolute atomic E-state index is 12.5. The van der Waals surface area contributed by atoms with Crippen molar-refractivity contribution < 1.29 is 19.4 Å². The number of carboxylic acids is 1. The van der Waals surface area contributed by atoms with Crippen LogP contribution in [-0.4, -0.2) is 35.2 Å². The second-order valence-corrected chi connectivity index (χ2v) is 7.34. The van der Waals surface area contributed by atoms with Crippen molar-refractivity contribution in [3.8, 4) is 0 Å². The van der Waals surface area contributed by atoms with Crippen LogP contribution in [0.2, 0.25) is 0 Å². The van der Waals surface area contributed by atoms with Gasteiger partial charge in [-0.25, -0.2) is 0 Å². The summed E-state index contributed by atoms with van der Waals surface area (Å²) < 4.78 is 6.00. The minimum absolute atomic E-state index is 0.00631. The van der Waals surface area contributed by atoms with Crippen LogP contribution in [0.3, 0.4) is 0 Å². The largest absolute Gasteiger partial charge is 0.481 e. The molecule has 1 amide bonds. The van der Waals surface area contributed by atoms with E-state index in [0.717, 1.165) is 45.1 Å². The lowest BCUT2D eigenvalue weighted by Gasteiger charge is -2.39. The van der Waals surface area contributed by atoms with Gasteiger partial charge in [-0.2, -0.15) is 0 Å². The van der Waals surface area contributed by atoms with Gasteiger partial charge in [0.1, 0.15) is 0 Å². The summed E-state index contributed by atoms with van der Waals surface area (Å²) in [5, 5.41) is 12.3. The molecule has 3 atom stereocenters. The number of rotatable bonds is 3. The Bertz CT molecular complexity index is 430. The first-order chi connectivity index (χ1) is 10.6. The molecule has 1 saturated heterocycles. The molecule has 3 fully saturated rings. The Hall–Kier alpha value is -1.10. The normalized spacial score (nSPS) is 34.5. The van der Waals surface area contributed by atoms with Gasteiger partial charge in [0.2, 0.25) is 5.91 Å². The van der Waals surface area contributed by atoms with Crippen molar-refractivity contribution >= 4 is 11.9 Å². The summed E-state index contributed by atoms with van der Waals surface area (Å²) in [4.78, 5) is 23.6. The predicted molar refractivity (Wildman–Crippen MR) is 81.4 cm³/mol. The molecular formula is C17H27NO4. The van der Waals surface area contributed by atoms with Gasteiger partial charge in [0.15, 0.2) is 0 Å². The molecule has 0 aromatic heterocycles. The van der Waals surface area contributed by atoms with E-state index in [0.29, 0.717) is 12.8 Å². The van der Waals surface area contributed by atoms with Crippen LogP contribution < -0.4 is 5.32 Å². The van der Waals surface area contributed by atoms with Crippen molar-refractivity contribution in [1.82, 2.24) is 5.32 Å². The Balaban J connectivity index is 1.53. The average molecular weight is 309 g/mol. The molecule has 2 N–H and O–H groups in total. The minimum atomic E-state index is -0.756. The highest BCUT2D eigenvalue weighted by Gasteiger charge is 2.41. The zero-order valence-corrected chi connectivity index (χ0v) is 13.2. The molecule has 0 aromatic carbocycles. The second-order valence-electron chi connectivity index (χ2n) is 7.34. The summed E-state index contributed by atoms with van der Waals surface area (Å²) in [5.41, 5.74) is 0.00631. The van der Waals surface area contributed by atoms with Crippen LogP contribution in [0.4, 0.5) is 0 Å². The Kier molecular flexibility index (Phi) is 4.71. The topological polar surface area (TPSA) is 75.6 Å². The lowest BCUT2D eigenvalue weighted by molar-refractivity contribution is -0.144. The minimum Gasteiger partial charge on any atom is -0.481 e. The smallest absolute Gasteiger partial charge is 0.306 e. The van der Waals surface area contributed by atoms with Gasteiger partial charge in [0.05, 0.1) is 11.5 Å². The third-order valence-electron chi connectivity index (χ3n) is 5.75. The molecule has 0 radical (unpaired) electrons. The van der Waals surface area contributed by atoms with Crippen molar-refractivity contribution in [2.45, 2.75) is 75.9 Å². The third kappa shape index (κ3) is 3.45. The van der Waals surface area contributed by atoms with Crippen molar-refractivity contribution in [2.75, 3.05) is 6.61 Å². The maximum atomic E-state index is 12.5. The molecule has 1 heterocycles. The van der Waals surface area contributed by atoms with Crippen molar-refractivity contribution in [3.63, 3.8) is 0 Å². The van der Waals surface area contributed by atoms with Gasteiger partial charge in [-0.3, -0.25) is 9.59 Å². The van der Waals surface area contributed by atoms with Gasteiger partial charge in [-0.15, -0.1) is 0 Å². The fourth-order valence-electron chi connectivity index (χ4n) is 4.49. The van der Waals surface area contributed by atoms with Crippen molar-refractivity contribution in [3.05, 3.63) is 0 Å². The van der Waals surface area contributed by atoms with Gasteiger partial charge in [0.25, 0.3) is 0 Å². The molecule has 3 aliphatic rings. The van der Waals surface area contributed by atoms with Crippen molar-refractivity contribution in [2.24, 2.45) is 11.8 Å². The number of aliphatic carboxylic acids is 1. The molecule has 5 nitrogen and oxygen atoms in total. The number of ether oxygens (including phenoxy) is 1. The number of hydrogen-bond donors (Lipinski definition) is 2. The fraction of sp³-hybridized carbons (Fsp3) is 0.882. The van der Waals surface area contributed by atoms with Crippen LogP contribution >= 0.6 is 0 Å². The summed E-state index contributed by atoms with van der Waals surface area (Å²) in [6.07, 6.45) is 9.35. The zero-order chi connectivity index (χ0) is 15.6. The number of hydrogen-bond acceptors (Lipinski definition) is 3. The van der Waals surface area contributed by atoms with E-state index in [9.17, 15) is 9.59 Å². The van der Waals surface area contributed by atoms with E-state index in [1.54, 1.807) is 0 Å². The molecule has 3 rings (SSSR count). The first kappa shape index (κ1) is 15.8. The van der Waals surface area contributed by atoms with Gasteiger partial charge in [0, 0.05) is 18.6 Å². The summed E-state index contributed by atoms with van der Waals surface area (Å²) in [7, 11) is 0. The highest BCUT2D eigenvalue weighted by Crippen LogP contribution is 2.40. The van der Waals surface area contributed by atoms with Gasteiger partial charge >= 0.3 is 5.97 Å². The van der Waals surface area contributed by atoms with Crippen LogP contribution in [-0.2, 0) is 14.3 Å². The highest BCUT2D eigenvalue weighted by atomic mass is 16.5. The number of carbonyl (C=O) groups excluding carboxylic acids is 1. The lowest BCUT2D eigenvalue weighted by atomic mass is 9.80. The van der Waals surface area contributed by atoms with Crippen LogP contribution in [0.1, 0.15) is 64.2 Å². The van der Waals surface area contributed by atoms with E-state index in [2.05, 4.69) is 5.32 Å². The van der Waals surface area contributed by atoms with Gasteiger partial charge in [-0.1, -0.05) is 19.3 Å².